The van der Waals surface area contributed by atoms with Crippen LogP contribution in [0.4, 0.5) is 11.5 Å². The van der Waals surface area contributed by atoms with Gasteiger partial charge in [0.05, 0.1) is 0 Å². The molecule has 1 atom stereocenters. The summed E-state index contributed by atoms with van der Waals surface area (Å²) in [5, 5.41) is 3.88. The molecule has 2 heterocycles. The first kappa shape index (κ1) is 18.1. The van der Waals surface area contributed by atoms with Crippen molar-refractivity contribution < 1.29 is 0 Å². The molecule has 0 fully saturated rings. The molecule has 1 N–H and O–H groups in total. The Bertz CT molecular complexity index is 1010. The lowest BCUT2D eigenvalue weighted by molar-refractivity contribution is 0.720. The molecule has 26 heavy (non-hydrogen) atoms. The molecule has 3 rings (SSSR count). The van der Waals surface area contributed by atoms with Gasteiger partial charge in [0, 0.05) is 29.2 Å². The summed E-state index contributed by atoms with van der Waals surface area (Å²) in [5.41, 5.74) is 2.63. The average molecular weight is 369 g/mol. The van der Waals surface area contributed by atoms with Gasteiger partial charge in [0.1, 0.15) is 17.0 Å². The van der Waals surface area contributed by atoms with Gasteiger partial charge in [0.2, 0.25) is 0 Å². The lowest BCUT2D eigenvalue weighted by Crippen LogP contribution is -2.22. The highest BCUT2D eigenvalue weighted by Crippen LogP contribution is 2.20. The van der Waals surface area contributed by atoms with Crippen molar-refractivity contribution in [3.05, 3.63) is 69.1 Å². The van der Waals surface area contributed by atoms with Crippen LogP contribution >= 0.6 is 11.6 Å². The van der Waals surface area contributed by atoms with E-state index < -0.39 is 0 Å². The van der Waals surface area contributed by atoms with E-state index in [2.05, 4.69) is 22.2 Å². The highest BCUT2D eigenvalue weighted by atomic mass is 35.5. The SMILES string of the molecule is CCC(C)N=Cc1c(Nc2ccc(Cl)cc2)nc2c(C)cccn2c1=O. The Balaban J connectivity index is 2.17. The lowest BCUT2D eigenvalue weighted by Gasteiger charge is -2.12. The Hall–Kier alpha value is -2.66. The molecule has 0 aliphatic carbocycles. The van der Waals surface area contributed by atoms with Gasteiger partial charge in [-0.25, -0.2) is 4.98 Å². The van der Waals surface area contributed by atoms with E-state index in [4.69, 9.17) is 11.6 Å². The van der Waals surface area contributed by atoms with Crippen LogP contribution in [0.1, 0.15) is 31.4 Å². The standard InChI is InChI=1S/C20H21ClN4O/c1-4-14(3)22-12-17-18(23-16-9-7-15(21)8-10-16)24-19-13(2)6-5-11-25(19)20(17)26/h5-12,14,23H,4H2,1-3H3. The maximum atomic E-state index is 13.0. The third-order valence-corrected chi connectivity index (χ3v) is 4.49. The predicted molar refractivity (Wildman–Crippen MR) is 108 cm³/mol. The molecule has 0 aliphatic heterocycles. The van der Waals surface area contributed by atoms with E-state index in [0.29, 0.717) is 22.1 Å². The van der Waals surface area contributed by atoms with Crippen molar-refractivity contribution in [1.29, 1.82) is 0 Å². The number of fused-ring (bicyclic) bond motifs is 1. The number of benzene rings is 1. The van der Waals surface area contributed by atoms with E-state index in [1.165, 1.54) is 0 Å². The van der Waals surface area contributed by atoms with Crippen molar-refractivity contribution in [1.82, 2.24) is 9.38 Å². The molecule has 0 bridgehead atoms. The summed E-state index contributed by atoms with van der Waals surface area (Å²) >= 11 is 5.95. The number of hydrogen-bond donors (Lipinski definition) is 1. The van der Waals surface area contributed by atoms with Crippen LogP contribution in [-0.2, 0) is 0 Å². The molecule has 0 saturated carbocycles. The number of halogens is 1. The van der Waals surface area contributed by atoms with Gasteiger partial charge in [-0.2, -0.15) is 0 Å². The van der Waals surface area contributed by atoms with Gasteiger partial charge in [-0.3, -0.25) is 14.2 Å². The average Bonchev–Trinajstić information content (AvgIpc) is 2.64. The Morgan fingerprint density at radius 1 is 1.31 bits per heavy atom. The topological polar surface area (TPSA) is 58.8 Å². The van der Waals surface area contributed by atoms with Crippen LogP contribution in [0.15, 0.2) is 52.4 Å². The molecule has 0 saturated heterocycles. The first-order chi connectivity index (χ1) is 12.5. The van der Waals surface area contributed by atoms with Crippen molar-refractivity contribution in [3.8, 4) is 0 Å². The smallest absolute Gasteiger partial charge is 0.268 e. The van der Waals surface area contributed by atoms with Crippen LogP contribution in [-0.4, -0.2) is 21.6 Å². The number of pyridine rings is 1. The van der Waals surface area contributed by atoms with Crippen LogP contribution in [0.25, 0.3) is 5.65 Å². The molecule has 0 amide bonds. The molecule has 1 unspecified atom stereocenters. The van der Waals surface area contributed by atoms with Gasteiger partial charge in [0.15, 0.2) is 0 Å². The molecule has 2 aromatic heterocycles. The summed E-state index contributed by atoms with van der Waals surface area (Å²) in [7, 11) is 0. The molecule has 134 valence electrons. The Labute approximate surface area is 157 Å². The highest BCUT2D eigenvalue weighted by Gasteiger charge is 2.13. The van der Waals surface area contributed by atoms with Crippen molar-refractivity contribution in [2.75, 3.05) is 5.32 Å². The summed E-state index contributed by atoms with van der Waals surface area (Å²) < 4.78 is 1.56. The predicted octanol–water partition coefficient (Wildman–Crippen LogP) is 4.62. The molecule has 5 nitrogen and oxygen atoms in total. The molecule has 1 aromatic carbocycles. The minimum Gasteiger partial charge on any atom is -0.339 e. The fraction of sp³-hybridized carbons (Fsp3) is 0.250. The van der Waals surface area contributed by atoms with Gasteiger partial charge in [0.25, 0.3) is 5.56 Å². The van der Waals surface area contributed by atoms with Gasteiger partial charge in [-0.15, -0.1) is 0 Å². The Morgan fingerprint density at radius 3 is 2.73 bits per heavy atom. The first-order valence-electron chi connectivity index (χ1n) is 8.57. The van der Waals surface area contributed by atoms with Gasteiger partial charge >= 0.3 is 0 Å². The van der Waals surface area contributed by atoms with Gasteiger partial charge in [-0.05, 0) is 56.2 Å². The number of aliphatic imine (C=N–C) groups is 1. The van der Waals surface area contributed by atoms with Crippen molar-refractivity contribution in [2.24, 2.45) is 4.99 Å². The maximum Gasteiger partial charge on any atom is 0.268 e. The molecule has 0 spiro atoms. The third-order valence-electron chi connectivity index (χ3n) is 4.24. The first-order valence-corrected chi connectivity index (χ1v) is 8.95. The number of anilines is 2. The van der Waals surface area contributed by atoms with Crippen molar-refractivity contribution >= 4 is 35.0 Å². The minimum absolute atomic E-state index is 0.135. The number of aromatic nitrogens is 2. The minimum atomic E-state index is -0.151. The van der Waals surface area contributed by atoms with E-state index in [1.807, 2.05) is 38.1 Å². The van der Waals surface area contributed by atoms with E-state index in [-0.39, 0.29) is 11.6 Å². The fourth-order valence-corrected chi connectivity index (χ4v) is 2.63. The maximum absolute atomic E-state index is 13.0. The van der Waals surface area contributed by atoms with Gasteiger partial charge in [-0.1, -0.05) is 24.6 Å². The van der Waals surface area contributed by atoms with E-state index in [1.54, 1.807) is 28.9 Å². The highest BCUT2D eigenvalue weighted by molar-refractivity contribution is 6.30. The fourth-order valence-electron chi connectivity index (χ4n) is 2.50. The van der Waals surface area contributed by atoms with E-state index >= 15 is 0 Å². The molecule has 3 aromatic rings. The molecule has 6 heteroatoms. The molecular formula is C20H21ClN4O. The van der Waals surface area contributed by atoms with Crippen LogP contribution in [0.2, 0.25) is 5.02 Å². The van der Waals surface area contributed by atoms with Crippen LogP contribution in [0.5, 0.6) is 0 Å². The number of hydrogen-bond acceptors (Lipinski definition) is 4. The summed E-state index contributed by atoms with van der Waals surface area (Å²) in [6, 6.07) is 11.2. The number of nitrogens with zero attached hydrogens (tertiary/aromatic N) is 3. The van der Waals surface area contributed by atoms with Crippen LogP contribution < -0.4 is 10.9 Å². The van der Waals surface area contributed by atoms with E-state index in [0.717, 1.165) is 17.7 Å². The summed E-state index contributed by atoms with van der Waals surface area (Å²) in [4.78, 5) is 22.2. The van der Waals surface area contributed by atoms with E-state index in [9.17, 15) is 4.79 Å². The zero-order chi connectivity index (χ0) is 18.7. The second-order valence-electron chi connectivity index (χ2n) is 6.23. The second kappa shape index (κ2) is 7.70. The number of rotatable bonds is 5. The van der Waals surface area contributed by atoms with Crippen LogP contribution in [0.3, 0.4) is 0 Å². The molecule has 0 aliphatic rings. The Morgan fingerprint density at radius 2 is 2.04 bits per heavy atom. The van der Waals surface area contributed by atoms with Crippen LogP contribution in [0, 0.1) is 6.92 Å². The summed E-state index contributed by atoms with van der Waals surface area (Å²) in [5.74, 6) is 0.485. The molecule has 0 radical (unpaired) electrons. The largest absolute Gasteiger partial charge is 0.339 e. The zero-order valence-electron chi connectivity index (χ0n) is 15.0. The zero-order valence-corrected chi connectivity index (χ0v) is 15.8. The number of nitrogens with one attached hydrogen (secondary N) is 1. The van der Waals surface area contributed by atoms with Crippen molar-refractivity contribution in [2.45, 2.75) is 33.2 Å². The third kappa shape index (κ3) is 3.78. The summed E-state index contributed by atoms with van der Waals surface area (Å²) in [6.07, 6.45) is 4.25. The summed E-state index contributed by atoms with van der Waals surface area (Å²) in [6.45, 7) is 6.00. The lowest BCUT2D eigenvalue weighted by atomic mass is 10.2. The molecular weight excluding hydrogens is 348 g/mol. The normalized spacial score (nSPS) is 12.6. The van der Waals surface area contributed by atoms with Crippen molar-refractivity contribution in [3.63, 3.8) is 0 Å². The Kier molecular flexibility index (Phi) is 5.38. The number of aryl methyl sites for hydroxylation is 1. The second-order valence-corrected chi connectivity index (χ2v) is 6.67. The monoisotopic (exact) mass is 368 g/mol. The van der Waals surface area contributed by atoms with Gasteiger partial charge < -0.3 is 5.32 Å². The quantitative estimate of drug-likeness (QED) is 0.668.